The van der Waals surface area contributed by atoms with Gasteiger partial charge < -0.3 is 5.73 Å². The minimum Gasteiger partial charge on any atom is -0.326 e. The van der Waals surface area contributed by atoms with Gasteiger partial charge in [0.25, 0.3) is 0 Å². The maximum atomic E-state index is 12.4. The molecule has 1 saturated carbocycles. The SMILES string of the molecule is Cc1csc(-c2cccc(S(=O)(=O)NCC(N)C3CC3)c2)n1. The van der Waals surface area contributed by atoms with Gasteiger partial charge in [-0.15, -0.1) is 11.3 Å². The normalized spacial score (nSPS) is 16.6. The van der Waals surface area contributed by atoms with Crippen LogP contribution in [0.1, 0.15) is 18.5 Å². The molecule has 3 rings (SSSR count). The third kappa shape index (κ3) is 3.55. The Bertz CT molecular complexity index is 767. The highest BCUT2D eigenvalue weighted by Gasteiger charge is 2.29. The van der Waals surface area contributed by atoms with Crippen LogP contribution >= 0.6 is 11.3 Å². The van der Waals surface area contributed by atoms with E-state index in [0.29, 0.717) is 5.92 Å². The Morgan fingerprint density at radius 1 is 1.45 bits per heavy atom. The van der Waals surface area contributed by atoms with Gasteiger partial charge >= 0.3 is 0 Å². The fourth-order valence-corrected chi connectivity index (χ4v) is 4.18. The lowest BCUT2D eigenvalue weighted by atomic mass is 10.2. The van der Waals surface area contributed by atoms with Gasteiger partial charge in [0, 0.05) is 29.2 Å². The van der Waals surface area contributed by atoms with E-state index in [1.54, 1.807) is 18.2 Å². The van der Waals surface area contributed by atoms with Crippen LogP contribution in [0.25, 0.3) is 10.6 Å². The van der Waals surface area contributed by atoms with Crippen molar-refractivity contribution in [2.45, 2.75) is 30.7 Å². The van der Waals surface area contributed by atoms with Crippen molar-refractivity contribution in [1.82, 2.24) is 9.71 Å². The summed E-state index contributed by atoms with van der Waals surface area (Å²) in [4.78, 5) is 4.64. The molecule has 1 aliphatic carbocycles. The minimum atomic E-state index is -3.54. The average Bonchev–Trinajstić information content (AvgIpc) is 3.27. The summed E-state index contributed by atoms with van der Waals surface area (Å²) in [6.45, 7) is 2.20. The predicted octanol–water partition coefficient (Wildman–Crippen LogP) is 2.13. The van der Waals surface area contributed by atoms with Gasteiger partial charge in [-0.05, 0) is 37.8 Å². The van der Waals surface area contributed by atoms with E-state index in [4.69, 9.17) is 5.73 Å². The number of sulfonamides is 1. The molecule has 1 aromatic heterocycles. The summed E-state index contributed by atoms with van der Waals surface area (Å²) in [7, 11) is -3.54. The smallest absolute Gasteiger partial charge is 0.240 e. The second kappa shape index (κ2) is 6.08. The van der Waals surface area contributed by atoms with Crippen LogP contribution in [0.15, 0.2) is 34.5 Å². The van der Waals surface area contributed by atoms with E-state index in [9.17, 15) is 8.42 Å². The van der Waals surface area contributed by atoms with Gasteiger partial charge in [0.05, 0.1) is 4.90 Å². The van der Waals surface area contributed by atoms with E-state index in [-0.39, 0.29) is 17.5 Å². The Labute approximate surface area is 134 Å². The topological polar surface area (TPSA) is 85.1 Å². The minimum absolute atomic E-state index is 0.0976. The number of nitrogens with one attached hydrogen (secondary N) is 1. The van der Waals surface area contributed by atoms with Crippen molar-refractivity contribution in [3.8, 4) is 10.6 Å². The summed E-state index contributed by atoms with van der Waals surface area (Å²) < 4.78 is 27.4. The Hall–Kier alpha value is -1.28. The first kappa shape index (κ1) is 15.6. The van der Waals surface area contributed by atoms with Crippen molar-refractivity contribution in [3.05, 3.63) is 35.3 Å². The zero-order valence-corrected chi connectivity index (χ0v) is 14.0. The van der Waals surface area contributed by atoms with Crippen molar-refractivity contribution in [2.75, 3.05) is 6.54 Å². The van der Waals surface area contributed by atoms with E-state index < -0.39 is 10.0 Å². The van der Waals surface area contributed by atoms with Crippen LogP contribution in [0.4, 0.5) is 0 Å². The van der Waals surface area contributed by atoms with Crippen LogP contribution in [-0.4, -0.2) is 26.0 Å². The molecule has 2 aromatic rings. The molecular formula is C15H19N3O2S2. The largest absolute Gasteiger partial charge is 0.326 e. The maximum Gasteiger partial charge on any atom is 0.240 e. The van der Waals surface area contributed by atoms with Crippen LogP contribution in [0.3, 0.4) is 0 Å². The highest BCUT2D eigenvalue weighted by atomic mass is 32.2. The highest BCUT2D eigenvalue weighted by molar-refractivity contribution is 7.89. The lowest BCUT2D eigenvalue weighted by molar-refractivity contribution is 0.548. The molecule has 1 aliphatic rings. The second-order valence-corrected chi connectivity index (χ2v) is 8.30. The number of hydrogen-bond donors (Lipinski definition) is 2. The molecule has 7 heteroatoms. The Kier molecular flexibility index (Phi) is 4.31. The van der Waals surface area contributed by atoms with Crippen LogP contribution in [0, 0.1) is 12.8 Å². The van der Waals surface area contributed by atoms with Crippen LogP contribution < -0.4 is 10.5 Å². The molecule has 1 aromatic carbocycles. The molecule has 5 nitrogen and oxygen atoms in total. The van der Waals surface area contributed by atoms with Crippen molar-refractivity contribution < 1.29 is 8.42 Å². The zero-order chi connectivity index (χ0) is 15.7. The summed E-state index contributed by atoms with van der Waals surface area (Å²) in [6, 6.07) is 6.76. The Morgan fingerprint density at radius 2 is 2.23 bits per heavy atom. The number of thiazole rings is 1. The van der Waals surface area contributed by atoms with Gasteiger partial charge in [-0.1, -0.05) is 12.1 Å². The third-order valence-electron chi connectivity index (χ3n) is 3.75. The maximum absolute atomic E-state index is 12.4. The first-order valence-corrected chi connectivity index (χ1v) is 9.60. The molecule has 22 heavy (non-hydrogen) atoms. The van der Waals surface area contributed by atoms with Crippen LogP contribution in [-0.2, 0) is 10.0 Å². The molecule has 0 saturated heterocycles. The van der Waals surface area contributed by atoms with Gasteiger partial charge in [0.1, 0.15) is 5.01 Å². The van der Waals surface area contributed by atoms with Gasteiger partial charge in [-0.3, -0.25) is 0 Å². The lowest BCUT2D eigenvalue weighted by Crippen LogP contribution is -2.38. The molecule has 0 spiro atoms. The first-order chi connectivity index (χ1) is 10.5. The lowest BCUT2D eigenvalue weighted by Gasteiger charge is -2.12. The third-order valence-corrected chi connectivity index (χ3v) is 6.18. The van der Waals surface area contributed by atoms with Crippen LogP contribution in [0.5, 0.6) is 0 Å². The zero-order valence-electron chi connectivity index (χ0n) is 12.3. The van der Waals surface area contributed by atoms with E-state index in [1.165, 1.54) is 11.3 Å². The Morgan fingerprint density at radius 3 is 2.86 bits per heavy atom. The molecule has 0 amide bonds. The predicted molar refractivity (Wildman–Crippen MR) is 88.2 cm³/mol. The fraction of sp³-hybridized carbons (Fsp3) is 0.400. The molecule has 118 valence electrons. The van der Waals surface area contributed by atoms with E-state index in [2.05, 4.69) is 9.71 Å². The molecule has 0 radical (unpaired) electrons. The molecule has 1 fully saturated rings. The fourth-order valence-electron chi connectivity index (χ4n) is 2.26. The average molecular weight is 337 g/mol. The summed E-state index contributed by atoms with van der Waals surface area (Å²) in [5.74, 6) is 0.465. The van der Waals surface area contributed by atoms with E-state index >= 15 is 0 Å². The quantitative estimate of drug-likeness (QED) is 0.845. The number of hydrogen-bond acceptors (Lipinski definition) is 5. The monoisotopic (exact) mass is 337 g/mol. The molecule has 1 atom stereocenters. The molecule has 1 heterocycles. The summed E-state index contributed by atoms with van der Waals surface area (Å²) in [5.41, 5.74) is 7.70. The molecule has 0 bridgehead atoms. The first-order valence-electron chi connectivity index (χ1n) is 7.23. The van der Waals surface area contributed by atoms with Crippen molar-refractivity contribution >= 4 is 21.4 Å². The van der Waals surface area contributed by atoms with Gasteiger partial charge in [0.15, 0.2) is 0 Å². The summed E-state index contributed by atoms with van der Waals surface area (Å²) >= 11 is 1.51. The number of nitrogens with two attached hydrogens (primary N) is 1. The van der Waals surface area contributed by atoms with Gasteiger partial charge in [-0.2, -0.15) is 0 Å². The van der Waals surface area contributed by atoms with Crippen molar-refractivity contribution in [3.63, 3.8) is 0 Å². The standard InChI is InChI=1S/C15H19N3O2S2/c1-10-9-21-15(18-10)12-3-2-4-13(7-12)22(19,20)17-8-14(16)11-5-6-11/h2-4,7,9,11,14,17H,5-6,8,16H2,1H3. The van der Waals surface area contributed by atoms with Gasteiger partial charge in [-0.25, -0.2) is 18.1 Å². The molecule has 0 aliphatic heterocycles. The van der Waals surface area contributed by atoms with Gasteiger partial charge in [0.2, 0.25) is 10.0 Å². The molecular weight excluding hydrogens is 318 g/mol. The van der Waals surface area contributed by atoms with E-state index in [0.717, 1.165) is 29.1 Å². The summed E-state index contributed by atoms with van der Waals surface area (Å²) in [6.07, 6.45) is 2.20. The number of rotatable bonds is 6. The Balaban J connectivity index is 1.78. The number of nitrogens with zero attached hydrogens (tertiary/aromatic N) is 1. The van der Waals surface area contributed by atoms with E-state index in [1.807, 2.05) is 18.4 Å². The summed E-state index contributed by atoms with van der Waals surface area (Å²) in [5, 5.41) is 2.77. The number of aromatic nitrogens is 1. The highest BCUT2D eigenvalue weighted by Crippen LogP contribution is 2.31. The number of aryl methyl sites for hydroxylation is 1. The number of benzene rings is 1. The van der Waals surface area contributed by atoms with Crippen molar-refractivity contribution in [2.24, 2.45) is 11.7 Å². The van der Waals surface area contributed by atoms with Crippen molar-refractivity contribution in [1.29, 1.82) is 0 Å². The van der Waals surface area contributed by atoms with Crippen LogP contribution in [0.2, 0.25) is 0 Å². The molecule has 3 N–H and O–H groups in total. The second-order valence-electron chi connectivity index (χ2n) is 5.68. The molecule has 1 unspecified atom stereocenters.